The number of nitriles is 1. The molecule has 2 aromatic carbocycles. The third-order valence-electron chi connectivity index (χ3n) is 5.65. The minimum absolute atomic E-state index is 0.00486. The van der Waals surface area contributed by atoms with Crippen LogP contribution in [0.15, 0.2) is 29.8 Å². The van der Waals surface area contributed by atoms with Crippen LogP contribution in [0.4, 0.5) is 5.69 Å². The number of carbonyl (C=O) groups excluding carboxylic acids is 1. The lowest BCUT2D eigenvalue weighted by molar-refractivity contribution is -0.140. The molecule has 0 N–H and O–H groups in total. The number of hydrogen-bond donors (Lipinski definition) is 0. The SMILES string of the molecule is COCCOCCOCCOC(=O)/C(C#N)=C/c1c2c(cc3c(N(C)C)cccc13)CCC2. The third-order valence-corrected chi connectivity index (χ3v) is 5.65. The minimum Gasteiger partial charge on any atom is -0.459 e. The fourth-order valence-corrected chi connectivity index (χ4v) is 4.08. The predicted molar refractivity (Wildman–Crippen MR) is 128 cm³/mol. The Balaban J connectivity index is 1.71. The first-order chi connectivity index (χ1) is 16.1. The molecule has 176 valence electrons. The van der Waals surface area contributed by atoms with Gasteiger partial charge in [0.15, 0.2) is 0 Å². The smallest absolute Gasteiger partial charge is 0.348 e. The standard InChI is InChI=1S/C26H32N2O5/c1-28(2)25-9-5-8-22-23(21-7-4-6-19(21)16-24(22)25)17-20(18-27)26(29)33-15-14-32-13-12-31-11-10-30-3/h5,8-9,16-17H,4,6-7,10-15H2,1-3H3/b20-17+. The summed E-state index contributed by atoms with van der Waals surface area (Å²) in [5.74, 6) is -0.634. The van der Waals surface area contributed by atoms with Gasteiger partial charge in [0.1, 0.15) is 18.2 Å². The first kappa shape index (κ1) is 24.7. The Kier molecular flexibility index (Phi) is 9.25. The van der Waals surface area contributed by atoms with Gasteiger partial charge in [-0.1, -0.05) is 12.1 Å². The maximum Gasteiger partial charge on any atom is 0.348 e. The van der Waals surface area contributed by atoms with Gasteiger partial charge in [0.05, 0.1) is 33.0 Å². The third kappa shape index (κ3) is 6.32. The Hall–Kier alpha value is -2.92. The number of carbonyl (C=O) groups is 1. The van der Waals surface area contributed by atoms with Gasteiger partial charge in [-0.2, -0.15) is 5.26 Å². The Bertz CT molecular complexity index is 1040. The largest absolute Gasteiger partial charge is 0.459 e. The fraction of sp³-hybridized carbons (Fsp3) is 0.462. The van der Waals surface area contributed by atoms with E-state index in [1.807, 2.05) is 26.2 Å². The van der Waals surface area contributed by atoms with Gasteiger partial charge < -0.3 is 23.8 Å². The summed E-state index contributed by atoms with van der Waals surface area (Å²) in [7, 11) is 5.65. The summed E-state index contributed by atoms with van der Waals surface area (Å²) in [6.07, 6.45) is 4.71. The van der Waals surface area contributed by atoms with E-state index in [2.05, 4.69) is 23.1 Å². The van der Waals surface area contributed by atoms with E-state index in [0.717, 1.165) is 41.3 Å². The Morgan fingerprint density at radius 3 is 2.48 bits per heavy atom. The number of benzene rings is 2. The van der Waals surface area contributed by atoms with Crippen molar-refractivity contribution < 1.29 is 23.7 Å². The van der Waals surface area contributed by atoms with Crippen molar-refractivity contribution in [3.05, 3.63) is 46.5 Å². The summed E-state index contributed by atoms with van der Waals surface area (Å²) in [4.78, 5) is 14.7. The van der Waals surface area contributed by atoms with E-state index in [4.69, 9.17) is 18.9 Å². The summed E-state index contributed by atoms with van der Waals surface area (Å²) in [6.45, 7) is 2.22. The van der Waals surface area contributed by atoms with Crippen LogP contribution in [-0.2, 0) is 36.6 Å². The molecule has 0 aromatic heterocycles. The second-order valence-electron chi connectivity index (χ2n) is 8.07. The van der Waals surface area contributed by atoms with E-state index in [9.17, 15) is 10.1 Å². The molecule has 0 spiro atoms. The number of fused-ring (bicyclic) bond motifs is 2. The van der Waals surface area contributed by atoms with Gasteiger partial charge in [-0.3, -0.25) is 0 Å². The highest BCUT2D eigenvalue weighted by atomic mass is 16.6. The summed E-state index contributed by atoms with van der Waals surface area (Å²) < 4.78 is 20.9. The molecule has 0 saturated carbocycles. The number of hydrogen-bond acceptors (Lipinski definition) is 7. The summed E-state index contributed by atoms with van der Waals surface area (Å²) >= 11 is 0. The highest BCUT2D eigenvalue weighted by Gasteiger charge is 2.20. The van der Waals surface area contributed by atoms with Crippen molar-refractivity contribution in [3.8, 4) is 6.07 Å². The maximum absolute atomic E-state index is 12.6. The van der Waals surface area contributed by atoms with Gasteiger partial charge >= 0.3 is 5.97 Å². The molecule has 1 aliphatic rings. The minimum atomic E-state index is -0.634. The Labute approximate surface area is 195 Å². The van der Waals surface area contributed by atoms with Crippen LogP contribution >= 0.6 is 0 Å². The zero-order valence-electron chi connectivity index (χ0n) is 19.7. The molecule has 0 radical (unpaired) electrons. The van der Waals surface area contributed by atoms with E-state index < -0.39 is 5.97 Å². The molecular weight excluding hydrogens is 420 g/mol. The Morgan fingerprint density at radius 2 is 1.79 bits per heavy atom. The van der Waals surface area contributed by atoms with Crippen LogP contribution in [-0.4, -0.2) is 66.8 Å². The average Bonchev–Trinajstić information content (AvgIpc) is 3.28. The molecule has 1 aliphatic carbocycles. The van der Waals surface area contributed by atoms with E-state index in [1.54, 1.807) is 13.2 Å². The van der Waals surface area contributed by atoms with Gasteiger partial charge in [0.25, 0.3) is 0 Å². The number of rotatable bonds is 12. The number of methoxy groups -OCH3 is 1. The van der Waals surface area contributed by atoms with Crippen LogP contribution in [0, 0.1) is 11.3 Å². The predicted octanol–water partition coefficient (Wildman–Crippen LogP) is 3.52. The summed E-state index contributed by atoms with van der Waals surface area (Å²) in [5.41, 5.74) is 4.56. The molecule has 0 saturated heterocycles. The lowest BCUT2D eigenvalue weighted by Crippen LogP contribution is -2.14. The normalized spacial score (nSPS) is 13.1. The molecule has 0 fully saturated rings. The molecule has 0 amide bonds. The van der Waals surface area contributed by atoms with Crippen molar-refractivity contribution in [3.63, 3.8) is 0 Å². The second kappa shape index (κ2) is 12.4. The van der Waals surface area contributed by atoms with Crippen LogP contribution < -0.4 is 4.90 Å². The highest BCUT2D eigenvalue weighted by molar-refractivity contribution is 6.05. The molecule has 0 bridgehead atoms. The number of aryl methyl sites for hydroxylation is 1. The van der Waals surface area contributed by atoms with E-state index >= 15 is 0 Å². The van der Waals surface area contributed by atoms with Crippen LogP contribution in [0.25, 0.3) is 16.8 Å². The number of anilines is 1. The van der Waals surface area contributed by atoms with E-state index in [1.165, 1.54) is 11.1 Å². The first-order valence-electron chi connectivity index (χ1n) is 11.2. The van der Waals surface area contributed by atoms with Gasteiger partial charge in [-0.15, -0.1) is 0 Å². The molecule has 7 nitrogen and oxygen atoms in total. The monoisotopic (exact) mass is 452 g/mol. The molecule has 33 heavy (non-hydrogen) atoms. The van der Waals surface area contributed by atoms with E-state index in [0.29, 0.717) is 26.4 Å². The van der Waals surface area contributed by atoms with Gasteiger partial charge in [-0.25, -0.2) is 4.79 Å². The summed E-state index contributed by atoms with van der Waals surface area (Å²) in [5, 5.41) is 11.8. The lowest BCUT2D eigenvalue weighted by Gasteiger charge is -2.18. The van der Waals surface area contributed by atoms with Crippen LogP contribution in [0.5, 0.6) is 0 Å². The first-order valence-corrected chi connectivity index (χ1v) is 11.2. The lowest BCUT2D eigenvalue weighted by atomic mass is 9.93. The molecule has 0 aliphatic heterocycles. The molecule has 3 rings (SSSR count). The topological polar surface area (TPSA) is 81.0 Å². The van der Waals surface area contributed by atoms with Crippen molar-refractivity contribution in [1.29, 1.82) is 5.26 Å². The Morgan fingerprint density at radius 1 is 1.06 bits per heavy atom. The van der Waals surface area contributed by atoms with E-state index in [-0.39, 0.29) is 18.8 Å². The van der Waals surface area contributed by atoms with Gasteiger partial charge in [0.2, 0.25) is 0 Å². The van der Waals surface area contributed by atoms with Crippen LogP contribution in [0.1, 0.15) is 23.1 Å². The van der Waals surface area contributed by atoms with Crippen molar-refractivity contribution >= 4 is 28.5 Å². The van der Waals surface area contributed by atoms with Crippen molar-refractivity contribution in [2.24, 2.45) is 0 Å². The van der Waals surface area contributed by atoms with Crippen molar-refractivity contribution in [2.45, 2.75) is 19.3 Å². The quantitative estimate of drug-likeness (QED) is 0.211. The van der Waals surface area contributed by atoms with Gasteiger partial charge in [0, 0.05) is 32.3 Å². The number of esters is 1. The molecule has 0 unspecified atom stereocenters. The highest BCUT2D eigenvalue weighted by Crippen LogP contribution is 2.37. The van der Waals surface area contributed by atoms with Crippen LogP contribution in [0.3, 0.4) is 0 Å². The van der Waals surface area contributed by atoms with Crippen molar-refractivity contribution in [1.82, 2.24) is 0 Å². The molecular formula is C26H32N2O5. The zero-order chi connectivity index (χ0) is 23.6. The van der Waals surface area contributed by atoms with Gasteiger partial charge in [-0.05, 0) is 59.5 Å². The van der Waals surface area contributed by atoms with Crippen molar-refractivity contribution in [2.75, 3.05) is 65.7 Å². The van der Waals surface area contributed by atoms with Crippen LogP contribution in [0.2, 0.25) is 0 Å². The number of nitrogens with zero attached hydrogens (tertiary/aromatic N) is 2. The molecule has 7 heteroatoms. The maximum atomic E-state index is 12.6. The zero-order valence-corrected chi connectivity index (χ0v) is 19.7. The molecule has 2 aromatic rings. The fourth-order valence-electron chi connectivity index (χ4n) is 4.08. The average molecular weight is 453 g/mol. The molecule has 0 atom stereocenters. The summed E-state index contributed by atoms with van der Waals surface area (Å²) in [6, 6.07) is 10.4. The number of ether oxygens (including phenoxy) is 4. The second-order valence-corrected chi connectivity index (χ2v) is 8.07. The molecule has 0 heterocycles.